The van der Waals surface area contributed by atoms with Crippen molar-refractivity contribution in [2.24, 2.45) is 0 Å². The second kappa shape index (κ2) is 10.5. The Kier molecular flexibility index (Phi) is 7.06. The van der Waals surface area contributed by atoms with Crippen LogP contribution in [0.25, 0.3) is 17.1 Å². The lowest BCUT2D eigenvalue weighted by Gasteiger charge is -2.31. The van der Waals surface area contributed by atoms with Crippen LogP contribution in [0.4, 0.5) is 0 Å². The number of hydrogen-bond acceptors (Lipinski definition) is 7. The molecule has 1 saturated heterocycles. The smallest absolute Gasteiger partial charge is 0.237 e. The molecule has 0 bridgehead atoms. The Hall–Kier alpha value is -2.97. The SMILES string of the molecule is CCc1ccc(-c2noc(CSc3nnc([C@H](C)N4CCCCC4)n3-c3ccccc3)n2)cc1. The van der Waals surface area contributed by atoms with Gasteiger partial charge < -0.3 is 4.52 Å². The minimum absolute atomic E-state index is 0.198. The van der Waals surface area contributed by atoms with E-state index in [2.05, 4.69) is 67.9 Å². The molecule has 34 heavy (non-hydrogen) atoms. The Morgan fingerprint density at radius 1 is 0.971 bits per heavy atom. The van der Waals surface area contributed by atoms with E-state index in [4.69, 9.17) is 4.52 Å². The molecule has 2 aromatic heterocycles. The topological polar surface area (TPSA) is 72.9 Å². The number of aromatic nitrogens is 5. The molecule has 0 saturated carbocycles. The molecule has 3 heterocycles. The zero-order valence-corrected chi connectivity index (χ0v) is 20.5. The highest BCUT2D eigenvalue weighted by Gasteiger charge is 2.25. The lowest BCUT2D eigenvalue weighted by atomic mass is 10.1. The Labute approximate surface area is 204 Å². The van der Waals surface area contributed by atoms with Gasteiger partial charge in [0.15, 0.2) is 11.0 Å². The summed E-state index contributed by atoms with van der Waals surface area (Å²) in [6.45, 7) is 6.59. The van der Waals surface area contributed by atoms with E-state index in [0.29, 0.717) is 17.5 Å². The van der Waals surface area contributed by atoms with Crippen LogP contribution in [0.1, 0.15) is 56.4 Å². The standard InChI is InChI=1S/C26H30N6OS/c1-3-20-12-14-21(15-13-20)24-27-23(33-30-24)18-34-26-29-28-25(19(2)31-16-8-5-9-17-31)32(26)22-10-6-4-7-11-22/h4,6-7,10-15,19H,3,5,8-9,16-18H2,1-2H3/t19-/m0/s1. The van der Waals surface area contributed by atoms with Gasteiger partial charge in [-0.05, 0) is 57.0 Å². The maximum Gasteiger partial charge on any atom is 0.237 e. The molecule has 0 spiro atoms. The fourth-order valence-electron chi connectivity index (χ4n) is 4.38. The van der Waals surface area contributed by atoms with E-state index in [1.807, 2.05) is 30.3 Å². The molecule has 0 aliphatic carbocycles. The van der Waals surface area contributed by atoms with Crippen molar-refractivity contribution in [1.29, 1.82) is 0 Å². The van der Waals surface area contributed by atoms with Gasteiger partial charge in [0.1, 0.15) is 0 Å². The summed E-state index contributed by atoms with van der Waals surface area (Å²) in [5.41, 5.74) is 3.32. The summed E-state index contributed by atoms with van der Waals surface area (Å²) in [5, 5.41) is 14.2. The summed E-state index contributed by atoms with van der Waals surface area (Å²) in [5.74, 6) is 2.69. The minimum Gasteiger partial charge on any atom is -0.338 e. The summed E-state index contributed by atoms with van der Waals surface area (Å²) in [6.07, 6.45) is 4.80. The van der Waals surface area contributed by atoms with Gasteiger partial charge in [0.2, 0.25) is 11.7 Å². The van der Waals surface area contributed by atoms with E-state index in [9.17, 15) is 0 Å². The monoisotopic (exact) mass is 474 g/mol. The molecule has 1 aliphatic heterocycles. The van der Waals surface area contributed by atoms with Crippen molar-refractivity contribution >= 4 is 11.8 Å². The minimum atomic E-state index is 0.198. The summed E-state index contributed by atoms with van der Waals surface area (Å²) in [7, 11) is 0. The average molecular weight is 475 g/mol. The van der Waals surface area contributed by atoms with E-state index in [1.165, 1.54) is 24.8 Å². The van der Waals surface area contributed by atoms with Gasteiger partial charge >= 0.3 is 0 Å². The van der Waals surface area contributed by atoms with Crippen molar-refractivity contribution in [1.82, 2.24) is 29.8 Å². The fourth-order valence-corrected chi connectivity index (χ4v) is 5.18. The third-order valence-electron chi connectivity index (χ3n) is 6.40. The molecule has 0 N–H and O–H groups in total. The van der Waals surface area contributed by atoms with Crippen LogP contribution in [0, 0.1) is 0 Å². The van der Waals surface area contributed by atoms with Gasteiger partial charge in [0.25, 0.3) is 0 Å². The quantitative estimate of drug-likeness (QED) is 0.302. The maximum atomic E-state index is 5.54. The van der Waals surface area contributed by atoms with Gasteiger partial charge in [0, 0.05) is 11.3 Å². The molecule has 1 atom stereocenters. The van der Waals surface area contributed by atoms with Crippen molar-refractivity contribution in [2.75, 3.05) is 13.1 Å². The van der Waals surface area contributed by atoms with Crippen molar-refractivity contribution in [3.8, 4) is 17.1 Å². The maximum absolute atomic E-state index is 5.54. The van der Waals surface area contributed by atoms with E-state index in [1.54, 1.807) is 11.8 Å². The molecule has 7 nitrogen and oxygen atoms in total. The largest absolute Gasteiger partial charge is 0.338 e. The summed E-state index contributed by atoms with van der Waals surface area (Å²) < 4.78 is 7.72. The molecule has 8 heteroatoms. The first-order chi connectivity index (χ1) is 16.7. The Morgan fingerprint density at radius 2 is 1.74 bits per heavy atom. The van der Waals surface area contributed by atoms with Gasteiger partial charge in [-0.1, -0.05) is 72.7 Å². The van der Waals surface area contributed by atoms with Gasteiger partial charge in [-0.2, -0.15) is 4.98 Å². The van der Waals surface area contributed by atoms with Crippen molar-refractivity contribution in [3.05, 3.63) is 71.9 Å². The lowest BCUT2D eigenvalue weighted by Crippen LogP contribution is -2.33. The van der Waals surface area contributed by atoms with Crippen LogP contribution in [0.2, 0.25) is 0 Å². The predicted molar refractivity (Wildman–Crippen MR) is 134 cm³/mol. The molecule has 0 radical (unpaired) electrons. The molecule has 1 fully saturated rings. The Bertz CT molecular complexity index is 1200. The first kappa shape index (κ1) is 22.8. The van der Waals surface area contributed by atoms with Crippen molar-refractivity contribution in [3.63, 3.8) is 0 Å². The predicted octanol–water partition coefficient (Wildman–Crippen LogP) is 5.72. The van der Waals surface area contributed by atoms with Gasteiger partial charge in [-0.15, -0.1) is 10.2 Å². The Balaban J connectivity index is 1.36. The van der Waals surface area contributed by atoms with Crippen LogP contribution in [0.15, 0.2) is 64.3 Å². The first-order valence-electron chi connectivity index (χ1n) is 12.0. The molecular formula is C26H30N6OS. The number of hydrogen-bond donors (Lipinski definition) is 0. The van der Waals surface area contributed by atoms with E-state index < -0.39 is 0 Å². The number of piperidine rings is 1. The molecule has 0 unspecified atom stereocenters. The molecular weight excluding hydrogens is 444 g/mol. The number of likely N-dealkylation sites (tertiary alicyclic amines) is 1. The van der Waals surface area contributed by atoms with Crippen molar-refractivity contribution < 1.29 is 4.52 Å². The van der Waals surface area contributed by atoms with Gasteiger partial charge in [0.05, 0.1) is 11.8 Å². The van der Waals surface area contributed by atoms with Crippen LogP contribution < -0.4 is 0 Å². The second-order valence-corrected chi connectivity index (χ2v) is 9.58. The lowest BCUT2D eigenvalue weighted by molar-refractivity contribution is 0.167. The Morgan fingerprint density at radius 3 is 2.47 bits per heavy atom. The van der Waals surface area contributed by atoms with E-state index >= 15 is 0 Å². The molecule has 176 valence electrons. The zero-order valence-electron chi connectivity index (χ0n) is 19.7. The van der Waals surface area contributed by atoms with Gasteiger partial charge in [-0.3, -0.25) is 9.47 Å². The third kappa shape index (κ3) is 4.93. The van der Waals surface area contributed by atoms with E-state index in [-0.39, 0.29) is 6.04 Å². The van der Waals surface area contributed by atoms with Crippen LogP contribution >= 0.6 is 11.8 Å². The van der Waals surface area contributed by atoms with Crippen LogP contribution in [0.5, 0.6) is 0 Å². The first-order valence-corrected chi connectivity index (χ1v) is 13.0. The molecule has 1 aliphatic rings. The van der Waals surface area contributed by atoms with E-state index in [0.717, 1.165) is 41.7 Å². The van der Waals surface area contributed by atoms with Crippen LogP contribution in [-0.2, 0) is 12.2 Å². The number of benzene rings is 2. The number of nitrogens with zero attached hydrogens (tertiary/aromatic N) is 6. The number of rotatable bonds is 8. The number of para-hydroxylation sites is 1. The van der Waals surface area contributed by atoms with Gasteiger partial charge in [-0.25, -0.2) is 0 Å². The molecule has 0 amide bonds. The molecule has 5 rings (SSSR count). The third-order valence-corrected chi connectivity index (χ3v) is 7.31. The molecule has 2 aromatic carbocycles. The summed E-state index contributed by atoms with van der Waals surface area (Å²) in [6, 6.07) is 18.8. The van der Waals surface area contributed by atoms with Crippen LogP contribution in [-0.4, -0.2) is 42.9 Å². The summed E-state index contributed by atoms with van der Waals surface area (Å²) >= 11 is 1.57. The average Bonchev–Trinajstić information content (AvgIpc) is 3.55. The second-order valence-electron chi connectivity index (χ2n) is 8.64. The highest BCUT2D eigenvalue weighted by Crippen LogP contribution is 2.30. The fraction of sp³-hybridized carbons (Fsp3) is 0.385. The number of aryl methyl sites for hydroxylation is 1. The van der Waals surface area contributed by atoms with Crippen LogP contribution in [0.3, 0.4) is 0 Å². The van der Waals surface area contributed by atoms with Crippen molar-refractivity contribution in [2.45, 2.75) is 56.5 Å². The number of thioether (sulfide) groups is 1. The summed E-state index contributed by atoms with van der Waals surface area (Å²) in [4.78, 5) is 7.11. The highest BCUT2D eigenvalue weighted by molar-refractivity contribution is 7.98. The zero-order chi connectivity index (χ0) is 23.3. The highest BCUT2D eigenvalue weighted by atomic mass is 32.2. The molecule has 4 aromatic rings. The normalized spacial score (nSPS) is 15.5.